The summed E-state index contributed by atoms with van der Waals surface area (Å²) in [6.45, 7) is 2.75. The summed E-state index contributed by atoms with van der Waals surface area (Å²) in [6, 6.07) is 7.96. The molecule has 1 atom stereocenters. The standard InChI is InChI=1S/C17H23NO3/c1-13-6-2-3-7-14(13)9-10-16(19)18-11-5-4-8-15(18)12-17(20)21/h2-3,6-7,15H,4-5,8-12H2,1H3,(H,20,21). The molecule has 114 valence electrons. The van der Waals surface area contributed by atoms with E-state index in [-0.39, 0.29) is 18.4 Å². The molecule has 1 amide bonds. The van der Waals surface area contributed by atoms with Crippen LogP contribution in [0.1, 0.15) is 43.2 Å². The monoisotopic (exact) mass is 289 g/mol. The highest BCUT2D eigenvalue weighted by Crippen LogP contribution is 2.21. The normalized spacial score (nSPS) is 18.5. The van der Waals surface area contributed by atoms with Crippen LogP contribution in [-0.4, -0.2) is 34.5 Å². The van der Waals surface area contributed by atoms with Crippen molar-refractivity contribution >= 4 is 11.9 Å². The number of benzene rings is 1. The maximum Gasteiger partial charge on any atom is 0.305 e. The maximum absolute atomic E-state index is 12.4. The zero-order chi connectivity index (χ0) is 15.2. The second kappa shape index (κ2) is 7.25. The molecule has 0 radical (unpaired) electrons. The Bertz CT molecular complexity index is 513. The van der Waals surface area contributed by atoms with Gasteiger partial charge in [-0.05, 0) is 43.7 Å². The highest BCUT2D eigenvalue weighted by molar-refractivity contribution is 5.78. The van der Waals surface area contributed by atoms with Gasteiger partial charge in [0.1, 0.15) is 0 Å². The lowest BCUT2D eigenvalue weighted by atomic mass is 9.97. The third-order valence-electron chi connectivity index (χ3n) is 4.23. The summed E-state index contributed by atoms with van der Waals surface area (Å²) < 4.78 is 0. The van der Waals surface area contributed by atoms with Gasteiger partial charge in [0, 0.05) is 19.0 Å². The molecule has 1 unspecified atom stereocenters. The Hall–Kier alpha value is -1.84. The number of hydrogen-bond acceptors (Lipinski definition) is 2. The first-order valence-electron chi connectivity index (χ1n) is 7.63. The summed E-state index contributed by atoms with van der Waals surface area (Å²) in [5.41, 5.74) is 2.39. The number of amides is 1. The molecule has 1 aliphatic heterocycles. The Morgan fingerprint density at radius 3 is 2.76 bits per heavy atom. The minimum atomic E-state index is -0.821. The van der Waals surface area contributed by atoms with Crippen LogP contribution in [0.15, 0.2) is 24.3 Å². The number of hydrogen-bond donors (Lipinski definition) is 1. The number of carbonyl (C=O) groups is 2. The Kier molecular flexibility index (Phi) is 5.37. The van der Waals surface area contributed by atoms with Gasteiger partial charge in [-0.1, -0.05) is 24.3 Å². The number of carboxylic acids is 1. The highest BCUT2D eigenvalue weighted by Gasteiger charge is 2.27. The van der Waals surface area contributed by atoms with E-state index >= 15 is 0 Å². The molecule has 1 aliphatic rings. The molecule has 1 N–H and O–H groups in total. The first-order valence-corrected chi connectivity index (χ1v) is 7.63. The number of piperidine rings is 1. The third-order valence-corrected chi connectivity index (χ3v) is 4.23. The minimum absolute atomic E-state index is 0.0656. The lowest BCUT2D eigenvalue weighted by molar-refractivity contribution is -0.141. The number of rotatable bonds is 5. The number of likely N-dealkylation sites (tertiary alicyclic amines) is 1. The van der Waals surface area contributed by atoms with Gasteiger partial charge in [0.05, 0.1) is 6.42 Å². The Morgan fingerprint density at radius 2 is 2.05 bits per heavy atom. The minimum Gasteiger partial charge on any atom is -0.481 e. The first kappa shape index (κ1) is 15.5. The van der Waals surface area contributed by atoms with E-state index in [4.69, 9.17) is 5.11 Å². The van der Waals surface area contributed by atoms with E-state index in [2.05, 4.69) is 0 Å². The zero-order valence-electron chi connectivity index (χ0n) is 12.5. The fraction of sp³-hybridized carbons (Fsp3) is 0.529. The molecule has 1 saturated heterocycles. The van der Waals surface area contributed by atoms with Crippen molar-refractivity contribution in [1.82, 2.24) is 4.90 Å². The number of carboxylic acid groups (broad SMARTS) is 1. The van der Waals surface area contributed by atoms with Gasteiger partial charge in [0.15, 0.2) is 0 Å². The quantitative estimate of drug-likeness (QED) is 0.906. The average Bonchev–Trinajstić information content (AvgIpc) is 2.46. The summed E-state index contributed by atoms with van der Waals surface area (Å²) in [6.07, 6.45) is 4.05. The lowest BCUT2D eigenvalue weighted by Crippen LogP contribution is -2.44. The lowest BCUT2D eigenvalue weighted by Gasteiger charge is -2.35. The summed E-state index contributed by atoms with van der Waals surface area (Å²) in [7, 11) is 0. The van der Waals surface area contributed by atoms with Crippen molar-refractivity contribution < 1.29 is 14.7 Å². The molecule has 4 heteroatoms. The van der Waals surface area contributed by atoms with Crippen LogP contribution in [0.2, 0.25) is 0 Å². The van der Waals surface area contributed by atoms with Crippen LogP contribution in [0.3, 0.4) is 0 Å². The van der Waals surface area contributed by atoms with Crippen molar-refractivity contribution in [1.29, 1.82) is 0 Å². The van der Waals surface area contributed by atoms with Gasteiger partial charge in [0.25, 0.3) is 0 Å². The smallest absolute Gasteiger partial charge is 0.305 e. The summed E-state index contributed by atoms with van der Waals surface area (Å²) in [5, 5.41) is 8.97. The molecule has 21 heavy (non-hydrogen) atoms. The number of nitrogens with zero attached hydrogens (tertiary/aromatic N) is 1. The fourth-order valence-corrected chi connectivity index (χ4v) is 3.02. The van der Waals surface area contributed by atoms with E-state index in [0.29, 0.717) is 13.0 Å². The van der Waals surface area contributed by atoms with Crippen LogP contribution in [-0.2, 0) is 16.0 Å². The largest absolute Gasteiger partial charge is 0.481 e. The molecule has 0 aromatic heterocycles. The van der Waals surface area contributed by atoms with E-state index < -0.39 is 5.97 Å². The van der Waals surface area contributed by atoms with Crippen molar-refractivity contribution in [3.05, 3.63) is 35.4 Å². The summed E-state index contributed by atoms with van der Waals surface area (Å²) in [4.78, 5) is 25.1. The molecule has 1 aromatic carbocycles. The van der Waals surface area contributed by atoms with Crippen molar-refractivity contribution in [3.8, 4) is 0 Å². The van der Waals surface area contributed by atoms with Crippen molar-refractivity contribution in [2.75, 3.05) is 6.54 Å². The summed E-state index contributed by atoms with van der Waals surface area (Å²) in [5.74, 6) is -0.734. The molecule has 1 aromatic rings. The zero-order valence-corrected chi connectivity index (χ0v) is 12.5. The second-order valence-corrected chi connectivity index (χ2v) is 5.76. The van der Waals surface area contributed by atoms with Gasteiger partial charge < -0.3 is 10.0 Å². The second-order valence-electron chi connectivity index (χ2n) is 5.76. The Morgan fingerprint density at radius 1 is 1.29 bits per heavy atom. The molecule has 0 saturated carbocycles. The first-order chi connectivity index (χ1) is 10.1. The van der Waals surface area contributed by atoms with Crippen LogP contribution in [0.4, 0.5) is 0 Å². The molecule has 4 nitrogen and oxygen atoms in total. The van der Waals surface area contributed by atoms with Crippen LogP contribution >= 0.6 is 0 Å². The topological polar surface area (TPSA) is 57.6 Å². The Labute approximate surface area is 125 Å². The molecular formula is C17H23NO3. The molecule has 0 bridgehead atoms. The molecule has 0 spiro atoms. The van der Waals surface area contributed by atoms with E-state index in [1.807, 2.05) is 31.2 Å². The van der Waals surface area contributed by atoms with Gasteiger partial charge in [0.2, 0.25) is 5.91 Å². The van der Waals surface area contributed by atoms with E-state index in [0.717, 1.165) is 25.7 Å². The van der Waals surface area contributed by atoms with Crippen LogP contribution in [0.25, 0.3) is 0 Å². The van der Waals surface area contributed by atoms with Gasteiger partial charge in [-0.3, -0.25) is 9.59 Å². The van der Waals surface area contributed by atoms with Gasteiger partial charge in [-0.2, -0.15) is 0 Å². The fourth-order valence-electron chi connectivity index (χ4n) is 3.02. The van der Waals surface area contributed by atoms with Gasteiger partial charge in [-0.15, -0.1) is 0 Å². The molecule has 1 fully saturated rings. The van der Waals surface area contributed by atoms with Gasteiger partial charge in [-0.25, -0.2) is 0 Å². The number of aryl methyl sites for hydroxylation is 2. The average molecular weight is 289 g/mol. The van der Waals surface area contributed by atoms with Gasteiger partial charge >= 0.3 is 5.97 Å². The molecule has 2 rings (SSSR count). The highest BCUT2D eigenvalue weighted by atomic mass is 16.4. The van der Waals surface area contributed by atoms with Crippen molar-refractivity contribution in [3.63, 3.8) is 0 Å². The molecular weight excluding hydrogens is 266 g/mol. The Balaban J connectivity index is 1.94. The summed E-state index contributed by atoms with van der Waals surface area (Å²) >= 11 is 0. The molecule has 1 heterocycles. The number of carbonyl (C=O) groups excluding carboxylic acids is 1. The SMILES string of the molecule is Cc1ccccc1CCC(=O)N1CCCCC1CC(=O)O. The predicted octanol–water partition coefficient (Wildman–Crippen LogP) is 2.78. The van der Waals surface area contributed by atoms with Crippen LogP contribution in [0.5, 0.6) is 0 Å². The van der Waals surface area contributed by atoms with E-state index in [9.17, 15) is 9.59 Å². The van der Waals surface area contributed by atoms with Crippen LogP contribution < -0.4 is 0 Å². The van der Waals surface area contributed by atoms with E-state index in [1.165, 1.54) is 11.1 Å². The van der Waals surface area contributed by atoms with Crippen molar-refractivity contribution in [2.45, 2.75) is 51.5 Å². The van der Waals surface area contributed by atoms with Crippen LogP contribution in [0, 0.1) is 6.92 Å². The number of aliphatic carboxylic acids is 1. The predicted molar refractivity (Wildman–Crippen MR) is 81.1 cm³/mol. The third kappa shape index (κ3) is 4.31. The van der Waals surface area contributed by atoms with Crippen molar-refractivity contribution in [2.24, 2.45) is 0 Å². The molecule has 0 aliphatic carbocycles. The maximum atomic E-state index is 12.4. The van der Waals surface area contributed by atoms with E-state index in [1.54, 1.807) is 4.90 Å².